The number of ether oxygens (including phenoxy) is 1. The number of benzene rings is 1. The molecule has 1 aromatic carbocycles. The maximum atomic E-state index is 14.4. The van der Waals surface area contributed by atoms with E-state index >= 15 is 0 Å². The second kappa shape index (κ2) is 9.29. The molecule has 3 aromatic heterocycles. The van der Waals surface area contributed by atoms with Crippen molar-refractivity contribution in [2.75, 3.05) is 20.2 Å². The Balaban J connectivity index is 1.30. The van der Waals surface area contributed by atoms with Crippen LogP contribution in [0.15, 0.2) is 47.7 Å². The summed E-state index contributed by atoms with van der Waals surface area (Å²) in [7, 11) is 3.53. The van der Waals surface area contributed by atoms with Gasteiger partial charge in [-0.1, -0.05) is 12.1 Å². The number of piperidine rings is 1. The van der Waals surface area contributed by atoms with Gasteiger partial charge in [-0.3, -0.25) is 14.3 Å². The van der Waals surface area contributed by atoms with E-state index in [1.165, 1.54) is 25.3 Å². The summed E-state index contributed by atoms with van der Waals surface area (Å²) in [5.41, 5.74) is 0.364. The Morgan fingerprint density at radius 2 is 1.98 bits per heavy atom. The van der Waals surface area contributed by atoms with Crippen molar-refractivity contribution in [3.8, 4) is 5.69 Å². The molecule has 1 N–H and O–H groups in total. The summed E-state index contributed by atoms with van der Waals surface area (Å²) in [6.45, 7) is 2.38. The number of hydrogen-bond acceptors (Lipinski definition) is 5. The number of H-pyrrole nitrogens is 1. The minimum Gasteiger partial charge on any atom is -0.381 e. The van der Waals surface area contributed by atoms with Crippen LogP contribution in [0.2, 0.25) is 0 Å². The van der Waals surface area contributed by atoms with Gasteiger partial charge in [0.2, 0.25) is 0 Å². The second-order valence-corrected chi connectivity index (χ2v) is 12.3. The first kappa shape index (κ1) is 26.5. The topological polar surface area (TPSA) is 81.0 Å². The smallest absolute Gasteiger partial charge is 0.381 e. The average molecular weight is 567 g/mol. The van der Waals surface area contributed by atoms with Crippen molar-refractivity contribution in [3.63, 3.8) is 0 Å². The first-order valence-electron chi connectivity index (χ1n) is 14.2. The zero-order valence-electron chi connectivity index (χ0n) is 23.2. The molecule has 0 atom stereocenters. The number of aromatic nitrogens is 5. The number of aryl methyl sites for hydroxylation is 1. The quantitative estimate of drug-likeness (QED) is 0.358. The van der Waals surface area contributed by atoms with Crippen LogP contribution >= 0.6 is 0 Å². The molecule has 3 aliphatic rings. The number of rotatable bonds is 6. The predicted octanol–water partition coefficient (Wildman–Crippen LogP) is 4.94. The van der Waals surface area contributed by atoms with Crippen LogP contribution in [0, 0.1) is 5.41 Å². The molecule has 8 nitrogen and oxygen atoms in total. The largest absolute Gasteiger partial charge is 0.418 e. The van der Waals surface area contributed by atoms with Crippen molar-refractivity contribution in [1.29, 1.82) is 0 Å². The number of pyridine rings is 1. The summed E-state index contributed by atoms with van der Waals surface area (Å²) in [6.07, 6.45) is 4.04. The molecule has 1 aliphatic heterocycles. The Labute approximate surface area is 235 Å². The van der Waals surface area contributed by atoms with Gasteiger partial charge in [0, 0.05) is 50.2 Å². The molecule has 0 bridgehead atoms. The molecule has 7 rings (SSSR count). The molecule has 3 fully saturated rings. The van der Waals surface area contributed by atoms with Crippen molar-refractivity contribution >= 4 is 10.9 Å². The Morgan fingerprint density at radius 3 is 2.66 bits per heavy atom. The zero-order chi connectivity index (χ0) is 28.6. The standard InChI is InChI=1S/C30H33F3N6O2/c1-37-18-34-36-27(37)29(13-22(14-29)41-2)19-5-3-6-21(11-19)39-16-24(30(31,32)33)23-12-20(35-25(23)26(39)40)15-38-10-4-7-28(17-38)8-9-28/h3,5-6,11-12,16,18,22,35H,4,7-10,13-15,17H2,1-2H3. The summed E-state index contributed by atoms with van der Waals surface area (Å²) >= 11 is 0. The third-order valence-electron chi connectivity index (χ3n) is 9.55. The number of hydrogen-bond donors (Lipinski definition) is 1. The van der Waals surface area contributed by atoms with Crippen molar-refractivity contribution in [3.05, 3.63) is 75.9 Å². The van der Waals surface area contributed by atoms with Crippen molar-refractivity contribution in [1.82, 2.24) is 29.2 Å². The lowest BCUT2D eigenvalue weighted by Gasteiger charge is -2.46. The SMILES string of the molecule is COC1CC(c2cccc(-n3cc(C(F)(F)F)c4cc(CN5CCCC6(CC6)C5)[nH]c4c3=O)c2)(c2nncn2C)C1. The van der Waals surface area contributed by atoms with Crippen LogP contribution < -0.4 is 5.56 Å². The summed E-state index contributed by atoms with van der Waals surface area (Å²) in [5, 5.41) is 8.33. The van der Waals surface area contributed by atoms with E-state index in [9.17, 15) is 18.0 Å². The van der Waals surface area contributed by atoms with Crippen molar-refractivity contribution in [2.45, 2.75) is 62.8 Å². The predicted molar refractivity (Wildman–Crippen MR) is 147 cm³/mol. The van der Waals surface area contributed by atoms with Gasteiger partial charge < -0.3 is 14.3 Å². The zero-order valence-corrected chi connectivity index (χ0v) is 23.2. The van der Waals surface area contributed by atoms with Gasteiger partial charge in [-0.2, -0.15) is 13.2 Å². The van der Waals surface area contributed by atoms with Gasteiger partial charge in [-0.05, 0) is 74.2 Å². The second-order valence-electron chi connectivity index (χ2n) is 12.3. The fraction of sp³-hybridized carbons (Fsp3) is 0.500. The molecule has 1 spiro atoms. The first-order valence-corrected chi connectivity index (χ1v) is 14.2. The maximum Gasteiger partial charge on any atom is 0.418 e. The molecule has 0 unspecified atom stereocenters. The summed E-state index contributed by atoms with van der Waals surface area (Å²) in [4.78, 5) is 19.1. The number of halogens is 3. The Morgan fingerprint density at radius 1 is 1.17 bits per heavy atom. The number of methoxy groups -OCH3 is 1. The Kier molecular flexibility index (Phi) is 5.99. The molecular formula is C30H33F3N6O2. The highest BCUT2D eigenvalue weighted by molar-refractivity contribution is 5.84. The van der Waals surface area contributed by atoms with Crippen LogP contribution in [0.4, 0.5) is 13.2 Å². The van der Waals surface area contributed by atoms with E-state index in [0.29, 0.717) is 36.2 Å². The molecule has 4 heterocycles. The summed E-state index contributed by atoms with van der Waals surface area (Å²) in [6, 6.07) is 8.67. The molecule has 2 aliphatic carbocycles. The van der Waals surface area contributed by atoms with Crippen LogP contribution in [-0.4, -0.2) is 55.5 Å². The molecule has 0 radical (unpaired) electrons. The van der Waals surface area contributed by atoms with Gasteiger partial charge in [0.15, 0.2) is 0 Å². The third-order valence-corrected chi connectivity index (χ3v) is 9.55. The maximum absolute atomic E-state index is 14.4. The van der Waals surface area contributed by atoms with E-state index in [-0.39, 0.29) is 17.0 Å². The number of likely N-dealkylation sites (tertiary alicyclic amines) is 1. The third kappa shape index (κ3) is 4.41. The van der Waals surface area contributed by atoms with E-state index in [0.717, 1.165) is 41.7 Å². The molecule has 216 valence electrons. The highest BCUT2D eigenvalue weighted by Gasteiger charge is 2.50. The highest BCUT2D eigenvalue weighted by atomic mass is 19.4. The minimum atomic E-state index is -4.63. The molecule has 11 heteroatoms. The highest BCUT2D eigenvalue weighted by Crippen LogP contribution is 2.52. The van der Waals surface area contributed by atoms with Crippen LogP contribution in [0.3, 0.4) is 0 Å². The van der Waals surface area contributed by atoms with Gasteiger partial charge in [0.25, 0.3) is 5.56 Å². The van der Waals surface area contributed by atoms with Gasteiger partial charge in [-0.15, -0.1) is 10.2 Å². The van der Waals surface area contributed by atoms with Gasteiger partial charge in [0.05, 0.1) is 17.1 Å². The van der Waals surface area contributed by atoms with E-state index in [1.807, 2.05) is 17.7 Å². The van der Waals surface area contributed by atoms with Crippen molar-refractivity contribution in [2.24, 2.45) is 12.5 Å². The summed E-state index contributed by atoms with van der Waals surface area (Å²) in [5.74, 6) is 0.751. The lowest BCUT2D eigenvalue weighted by molar-refractivity contribution is -0.136. The normalized spacial score (nSPS) is 24.2. The van der Waals surface area contributed by atoms with Crippen molar-refractivity contribution < 1.29 is 17.9 Å². The van der Waals surface area contributed by atoms with Crippen LogP contribution in [0.25, 0.3) is 16.6 Å². The fourth-order valence-electron chi connectivity index (χ4n) is 7.14. The van der Waals surface area contributed by atoms with Crippen LogP contribution in [-0.2, 0) is 29.9 Å². The first-order chi connectivity index (χ1) is 19.6. The monoisotopic (exact) mass is 566 g/mol. The minimum absolute atomic E-state index is 0.0236. The lowest BCUT2D eigenvalue weighted by atomic mass is 9.62. The molecule has 1 saturated heterocycles. The van der Waals surface area contributed by atoms with Gasteiger partial charge >= 0.3 is 6.18 Å². The average Bonchev–Trinajstić information content (AvgIpc) is 3.28. The number of alkyl halides is 3. The Hall–Kier alpha value is -3.44. The molecular weight excluding hydrogens is 533 g/mol. The number of aromatic amines is 1. The summed E-state index contributed by atoms with van der Waals surface area (Å²) < 4.78 is 51.7. The van der Waals surface area contributed by atoms with Gasteiger partial charge in [-0.25, -0.2) is 0 Å². The number of nitrogens with zero attached hydrogens (tertiary/aromatic N) is 5. The van der Waals surface area contributed by atoms with E-state index in [2.05, 4.69) is 20.1 Å². The molecule has 2 saturated carbocycles. The number of nitrogens with one attached hydrogen (secondary N) is 1. The van der Waals surface area contributed by atoms with E-state index in [4.69, 9.17) is 4.74 Å². The molecule has 0 amide bonds. The van der Waals surface area contributed by atoms with Crippen LogP contribution in [0.1, 0.15) is 61.2 Å². The molecule has 41 heavy (non-hydrogen) atoms. The fourth-order valence-corrected chi connectivity index (χ4v) is 7.14. The lowest BCUT2D eigenvalue weighted by Crippen LogP contribution is -2.48. The van der Waals surface area contributed by atoms with E-state index < -0.39 is 22.7 Å². The Bertz CT molecular complexity index is 1680. The number of fused-ring (bicyclic) bond motifs is 1. The van der Waals surface area contributed by atoms with Gasteiger partial charge in [0.1, 0.15) is 17.7 Å². The molecule has 4 aromatic rings. The van der Waals surface area contributed by atoms with Crippen LogP contribution in [0.5, 0.6) is 0 Å². The van der Waals surface area contributed by atoms with E-state index in [1.54, 1.807) is 31.6 Å².